The average molecular weight is 582 g/mol. The van der Waals surface area contributed by atoms with Crippen LogP contribution in [0.15, 0.2) is 45.5 Å². The molecule has 0 radical (unpaired) electrons. The fourth-order valence-electron chi connectivity index (χ4n) is 2.64. The second kappa shape index (κ2) is 16.6. The molecule has 0 aromatic heterocycles. The van der Waals surface area contributed by atoms with Crippen molar-refractivity contribution in [1.29, 1.82) is 0 Å². The number of aryl methyl sites for hydroxylation is 2. The molecule has 0 aliphatic carbocycles. The molecule has 0 amide bonds. The van der Waals surface area contributed by atoms with Crippen molar-refractivity contribution in [1.82, 2.24) is 0 Å². The minimum Gasteiger partial charge on any atom is -0.747 e. The second-order valence-electron chi connectivity index (χ2n) is 6.71. The second-order valence-corrected chi connectivity index (χ2v) is 10.7. The van der Waals surface area contributed by atoms with Gasteiger partial charge in [0.25, 0.3) is 0 Å². The molecular weight excluding hydrogens is 560 g/mol. The molecule has 0 heterocycles. The molecule has 0 saturated heterocycles. The van der Waals surface area contributed by atoms with Gasteiger partial charge in [0.1, 0.15) is 27.4 Å². The Balaban J connectivity index is 0.00000612. The predicted molar refractivity (Wildman–Crippen MR) is 119 cm³/mol. The van der Waals surface area contributed by atoms with Gasteiger partial charge in [-0.3, -0.25) is 9.22 Å². The molecule has 0 bridgehead atoms. The first-order chi connectivity index (χ1) is 16.0. The first-order valence-corrected chi connectivity index (χ1v) is 13.2. The van der Waals surface area contributed by atoms with Crippen LogP contribution in [-0.2, 0) is 33.5 Å². The quantitative estimate of drug-likeness (QED) is 0.0463. The maximum absolute atomic E-state index is 12.6. The Kier molecular flexibility index (Phi) is 16.5. The molecule has 36 heavy (non-hydrogen) atoms. The number of rotatable bonds is 13. The van der Waals surface area contributed by atoms with E-state index in [-0.39, 0.29) is 94.4 Å². The van der Waals surface area contributed by atoms with Gasteiger partial charge in [0, 0.05) is 5.69 Å². The first-order valence-electron chi connectivity index (χ1n) is 9.33. The average Bonchev–Trinajstić information content (AvgIpc) is 2.77. The number of hydrogen-bond donors (Lipinski definition) is 1. The molecule has 0 spiro atoms. The summed E-state index contributed by atoms with van der Waals surface area (Å²) >= 11 is 0.209. The van der Waals surface area contributed by atoms with Crippen molar-refractivity contribution in [3.05, 3.63) is 41.5 Å². The fraction of sp³-hybridized carbons (Fsp3) is 0.333. The van der Waals surface area contributed by atoms with Crippen LogP contribution in [0.4, 0.5) is 17.1 Å². The van der Waals surface area contributed by atoms with Gasteiger partial charge in [0.2, 0.25) is 0 Å². The van der Waals surface area contributed by atoms with Crippen LogP contribution in [0.5, 0.6) is 5.75 Å². The summed E-state index contributed by atoms with van der Waals surface area (Å²) in [4.78, 5) is -0.0527. The van der Waals surface area contributed by atoms with Gasteiger partial charge in [0.05, 0.1) is 30.1 Å². The van der Waals surface area contributed by atoms with Crippen molar-refractivity contribution in [2.45, 2.75) is 18.7 Å². The van der Waals surface area contributed by atoms with E-state index in [1.54, 1.807) is 26.0 Å². The third-order valence-electron chi connectivity index (χ3n) is 4.30. The zero-order valence-corrected chi connectivity index (χ0v) is 26.7. The Morgan fingerprint density at radius 1 is 1.00 bits per heavy atom. The van der Waals surface area contributed by atoms with Crippen molar-refractivity contribution in [2.75, 3.05) is 30.7 Å². The van der Waals surface area contributed by atoms with Gasteiger partial charge in [0.15, 0.2) is 22.2 Å². The third-order valence-corrected chi connectivity index (χ3v) is 6.84. The number of azo groups is 1. The van der Waals surface area contributed by atoms with Crippen LogP contribution < -0.4 is 74.4 Å². The van der Waals surface area contributed by atoms with Crippen LogP contribution in [-0.4, -0.2) is 46.7 Å². The van der Waals surface area contributed by atoms with E-state index in [2.05, 4.69) is 24.9 Å². The van der Waals surface area contributed by atoms with E-state index in [0.29, 0.717) is 22.5 Å². The minimum atomic E-state index is -4.44. The molecule has 18 heteroatoms. The summed E-state index contributed by atoms with van der Waals surface area (Å²) < 4.78 is 71.5. The van der Waals surface area contributed by atoms with Crippen LogP contribution >= 0.6 is 12.3 Å². The summed E-state index contributed by atoms with van der Waals surface area (Å²) in [6.45, 7) is 3.13. The van der Waals surface area contributed by atoms with Gasteiger partial charge in [-0.2, -0.15) is 5.11 Å². The van der Waals surface area contributed by atoms with Crippen molar-refractivity contribution < 1.29 is 104 Å². The third kappa shape index (κ3) is 11.6. The molecular formula is C18H21N3Na2O10S3. The normalized spacial score (nSPS) is 11.6. The van der Waals surface area contributed by atoms with Gasteiger partial charge < -0.3 is 19.9 Å². The van der Waals surface area contributed by atoms with Gasteiger partial charge >= 0.3 is 59.1 Å². The Labute approximate surface area is 257 Å². The zero-order valence-electron chi connectivity index (χ0n) is 20.2. The Hall–Kier alpha value is -0.310. The molecule has 188 valence electrons. The summed E-state index contributed by atoms with van der Waals surface area (Å²) in [6, 6.07) is 7.32. The monoisotopic (exact) mass is 581 g/mol. The topological polar surface area (TPSA) is 188 Å². The molecule has 13 nitrogen and oxygen atoms in total. The first kappa shape index (κ1) is 35.7. The van der Waals surface area contributed by atoms with Crippen molar-refractivity contribution in [3.8, 4) is 5.75 Å². The van der Waals surface area contributed by atoms with Gasteiger partial charge in [-0.05, 0) is 55.3 Å². The van der Waals surface area contributed by atoms with Gasteiger partial charge in [-0.25, -0.2) is 16.8 Å². The number of methoxy groups -OCH3 is 1. The largest absolute Gasteiger partial charge is 1.00 e. The number of anilines is 1. The van der Waals surface area contributed by atoms with Gasteiger partial charge in [-0.1, -0.05) is 0 Å². The Morgan fingerprint density at radius 2 is 1.67 bits per heavy atom. The molecule has 0 unspecified atom stereocenters. The van der Waals surface area contributed by atoms with Crippen LogP contribution in [0.2, 0.25) is 0 Å². The number of sulfone groups is 1. The number of hydrogen-bond acceptors (Lipinski definition) is 14. The molecule has 2 rings (SSSR count). The smallest absolute Gasteiger partial charge is 0.747 e. The maximum atomic E-state index is 12.6. The number of nitrogens with zero attached hydrogens (tertiary/aromatic N) is 2. The maximum Gasteiger partial charge on any atom is 1.00 e. The van der Waals surface area contributed by atoms with E-state index in [9.17, 15) is 26.6 Å². The SMILES string of the molecule is COc1ccc(S(=O)(=O)CCOSOO[O-])cc1N=Nc1cc(C)c(NCS(=O)(=O)[O-])cc1C.[Na+].[Na+]. The molecule has 2 aromatic rings. The number of nitrogens with one attached hydrogen (secondary N) is 1. The van der Waals surface area contributed by atoms with Crippen LogP contribution in [0.25, 0.3) is 0 Å². The van der Waals surface area contributed by atoms with E-state index in [1.807, 2.05) is 0 Å². The molecule has 0 aliphatic heterocycles. The summed E-state index contributed by atoms with van der Waals surface area (Å²) in [5.41, 5.74) is 2.29. The summed E-state index contributed by atoms with van der Waals surface area (Å²) in [5.74, 6) is -0.879. The molecule has 2 aromatic carbocycles. The Bertz CT molecular complexity index is 1250. The number of benzene rings is 2. The van der Waals surface area contributed by atoms with E-state index >= 15 is 0 Å². The van der Waals surface area contributed by atoms with Crippen molar-refractivity contribution in [2.24, 2.45) is 10.2 Å². The van der Waals surface area contributed by atoms with Gasteiger partial charge in [-0.15, -0.1) is 9.45 Å². The molecule has 0 aliphatic rings. The predicted octanol–water partition coefficient (Wildman–Crippen LogP) is -3.77. The van der Waals surface area contributed by atoms with E-state index in [0.717, 1.165) is 0 Å². The zero-order chi connectivity index (χ0) is 25.4. The van der Waals surface area contributed by atoms with Crippen molar-refractivity contribution in [3.63, 3.8) is 0 Å². The summed E-state index contributed by atoms with van der Waals surface area (Å²) in [7, 11) is -6.82. The Morgan fingerprint density at radius 3 is 2.28 bits per heavy atom. The van der Waals surface area contributed by atoms with Crippen LogP contribution in [0.3, 0.4) is 0 Å². The van der Waals surface area contributed by atoms with Crippen LogP contribution in [0.1, 0.15) is 11.1 Å². The van der Waals surface area contributed by atoms with E-state index < -0.39 is 31.6 Å². The summed E-state index contributed by atoms with van der Waals surface area (Å²) in [6.07, 6.45) is 0. The van der Waals surface area contributed by atoms with Crippen LogP contribution in [0, 0.1) is 13.8 Å². The number of ether oxygens (including phenoxy) is 1. The standard InChI is InChI=1S/C18H23N3O10S3.2Na/c1-12-9-16(13(2)8-15(12)19-11-34(25,26)27)20-21-17-10-14(4-5-18(17)28-3)33(23,24)7-6-29-32-31-30-22;;/h4-5,8-10,19,22H,6-7,11H2,1-3H3,(H,25,26,27);;/q;2*+1/p-2. The van der Waals surface area contributed by atoms with Crippen molar-refractivity contribution >= 4 is 49.3 Å². The molecule has 0 atom stereocenters. The summed E-state index contributed by atoms with van der Waals surface area (Å²) in [5, 5.41) is 23.6. The fourth-order valence-corrected chi connectivity index (χ4v) is 4.40. The molecule has 0 saturated carbocycles. The minimum absolute atomic E-state index is 0. The molecule has 1 N–H and O–H groups in total. The van der Waals surface area contributed by atoms with E-state index in [4.69, 9.17) is 8.92 Å². The molecule has 0 fully saturated rings. The van der Waals surface area contributed by atoms with E-state index in [1.165, 1.54) is 25.3 Å².